The van der Waals surface area contributed by atoms with Crippen LogP contribution in [0.15, 0.2) is 29.2 Å². The van der Waals surface area contributed by atoms with Crippen LogP contribution in [0, 0.1) is 11.8 Å². The lowest BCUT2D eigenvalue weighted by Crippen LogP contribution is -2.42. The highest BCUT2D eigenvalue weighted by Gasteiger charge is 2.32. The van der Waals surface area contributed by atoms with Gasteiger partial charge in [-0.1, -0.05) is 13.8 Å². The number of nitrogens with zero attached hydrogens (tertiary/aromatic N) is 2. The van der Waals surface area contributed by atoms with Gasteiger partial charge < -0.3 is 9.88 Å². The van der Waals surface area contributed by atoms with E-state index in [1.54, 1.807) is 28.6 Å². The molecule has 0 spiro atoms. The van der Waals surface area contributed by atoms with Gasteiger partial charge in [-0.15, -0.1) is 0 Å². The van der Waals surface area contributed by atoms with E-state index in [9.17, 15) is 13.2 Å². The third kappa shape index (κ3) is 3.70. The molecule has 1 aromatic heterocycles. The van der Waals surface area contributed by atoms with Gasteiger partial charge in [-0.3, -0.25) is 4.79 Å². The first kappa shape index (κ1) is 19.5. The zero-order chi connectivity index (χ0) is 19.9. The van der Waals surface area contributed by atoms with Gasteiger partial charge in [0.2, 0.25) is 10.0 Å². The van der Waals surface area contributed by atoms with Crippen molar-refractivity contribution in [3.63, 3.8) is 0 Å². The van der Waals surface area contributed by atoms with Crippen molar-refractivity contribution >= 4 is 26.8 Å². The van der Waals surface area contributed by atoms with Crippen molar-refractivity contribution in [2.24, 2.45) is 11.8 Å². The Balaban J connectivity index is 1.61. The van der Waals surface area contributed by atoms with Crippen LogP contribution in [0.25, 0.3) is 10.9 Å². The van der Waals surface area contributed by atoms with Gasteiger partial charge in [0.15, 0.2) is 0 Å². The largest absolute Gasteiger partial charge is 0.351 e. The Hall–Kier alpha value is -1.86. The number of nitrogens with one attached hydrogen (secondary N) is 1. The number of likely N-dealkylation sites (tertiary alicyclic amines) is 1. The lowest BCUT2D eigenvalue weighted by atomic mass is 9.94. The van der Waals surface area contributed by atoms with Gasteiger partial charge >= 0.3 is 0 Å². The minimum absolute atomic E-state index is 0.000938. The second kappa shape index (κ2) is 7.52. The van der Waals surface area contributed by atoms with E-state index >= 15 is 0 Å². The fourth-order valence-electron chi connectivity index (χ4n) is 4.60. The van der Waals surface area contributed by atoms with Crippen molar-refractivity contribution < 1.29 is 13.2 Å². The summed E-state index contributed by atoms with van der Waals surface area (Å²) < 4.78 is 27.9. The van der Waals surface area contributed by atoms with Crippen molar-refractivity contribution in [3.8, 4) is 0 Å². The SMILES string of the molecule is CC1CC(C)CN(S(=O)(=O)c2ccc3[nH]c(C(=O)N4CCCCC4)cc3c2)C1. The summed E-state index contributed by atoms with van der Waals surface area (Å²) in [5.74, 6) is 0.727. The molecule has 2 atom stereocenters. The standard InChI is InChI=1S/C21H29N3O3S/c1-15-10-16(2)14-24(13-15)28(26,27)18-6-7-19-17(11-18)12-20(22-19)21(25)23-8-4-3-5-9-23/h6-7,11-12,15-16,22H,3-5,8-10,13-14H2,1-2H3. The van der Waals surface area contributed by atoms with Gasteiger partial charge in [0.05, 0.1) is 4.90 Å². The summed E-state index contributed by atoms with van der Waals surface area (Å²) >= 11 is 0. The number of piperidine rings is 2. The van der Waals surface area contributed by atoms with Crippen LogP contribution < -0.4 is 0 Å². The summed E-state index contributed by atoms with van der Waals surface area (Å²) in [6, 6.07) is 6.89. The second-order valence-corrected chi connectivity index (χ2v) is 10.5. The summed E-state index contributed by atoms with van der Waals surface area (Å²) in [7, 11) is -3.53. The Morgan fingerprint density at radius 1 is 1.04 bits per heavy atom. The van der Waals surface area contributed by atoms with Crippen molar-refractivity contribution in [2.75, 3.05) is 26.2 Å². The number of H-pyrrole nitrogens is 1. The van der Waals surface area contributed by atoms with E-state index < -0.39 is 10.0 Å². The average molecular weight is 404 g/mol. The molecular formula is C21H29N3O3S. The van der Waals surface area contributed by atoms with Crippen LogP contribution in [-0.2, 0) is 10.0 Å². The number of hydrogen-bond acceptors (Lipinski definition) is 3. The highest BCUT2D eigenvalue weighted by atomic mass is 32.2. The molecule has 2 unspecified atom stereocenters. The second-order valence-electron chi connectivity index (χ2n) is 8.55. The van der Waals surface area contributed by atoms with E-state index in [4.69, 9.17) is 0 Å². The molecule has 4 rings (SSSR count). The molecule has 2 aromatic rings. The molecule has 0 aliphatic carbocycles. The van der Waals surface area contributed by atoms with Crippen molar-refractivity contribution in [3.05, 3.63) is 30.0 Å². The maximum Gasteiger partial charge on any atom is 0.270 e. The molecule has 2 saturated heterocycles. The number of benzene rings is 1. The topological polar surface area (TPSA) is 73.5 Å². The third-order valence-electron chi connectivity index (χ3n) is 5.94. The van der Waals surface area contributed by atoms with Crippen LogP contribution in [0.2, 0.25) is 0 Å². The van der Waals surface area contributed by atoms with Gasteiger partial charge in [-0.2, -0.15) is 4.31 Å². The fraction of sp³-hybridized carbons (Fsp3) is 0.571. The van der Waals surface area contributed by atoms with Gasteiger partial charge in [0, 0.05) is 37.1 Å². The molecule has 2 aliphatic heterocycles. The van der Waals surface area contributed by atoms with Crippen molar-refractivity contribution in [1.82, 2.24) is 14.2 Å². The third-order valence-corrected chi connectivity index (χ3v) is 7.77. The summed E-state index contributed by atoms with van der Waals surface area (Å²) in [5, 5.41) is 0.763. The van der Waals surface area contributed by atoms with Crippen LogP contribution in [0.3, 0.4) is 0 Å². The Bertz CT molecular complexity index is 966. The molecule has 7 heteroatoms. The van der Waals surface area contributed by atoms with E-state index in [2.05, 4.69) is 18.8 Å². The van der Waals surface area contributed by atoms with Gasteiger partial charge in [0.1, 0.15) is 5.69 Å². The first-order valence-corrected chi connectivity index (χ1v) is 11.7. The number of sulfonamides is 1. The molecule has 0 bridgehead atoms. The first-order chi connectivity index (χ1) is 13.3. The number of aromatic nitrogens is 1. The van der Waals surface area contributed by atoms with Crippen LogP contribution in [0.5, 0.6) is 0 Å². The van der Waals surface area contributed by atoms with Gasteiger partial charge in [-0.05, 0) is 61.8 Å². The first-order valence-electron chi connectivity index (χ1n) is 10.3. The van der Waals surface area contributed by atoms with Crippen molar-refractivity contribution in [1.29, 1.82) is 0 Å². The van der Waals surface area contributed by atoms with E-state index in [1.165, 1.54) is 6.42 Å². The molecule has 2 fully saturated rings. The Morgan fingerprint density at radius 2 is 1.71 bits per heavy atom. The van der Waals surface area contributed by atoms with Crippen LogP contribution in [-0.4, -0.2) is 54.7 Å². The predicted molar refractivity (Wildman–Crippen MR) is 110 cm³/mol. The number of carbonyl (C=O) groups is 1. The van der Waals surface area contributed by atoms with E-state index in [-0.39, 0.29) is 5.91 Å². The molecule has 1 amide bonds. The number of hydrogen-bond donors (Lipinski definition) is 1. The average Bonchev–Trinajstić information content (AvgIpc) is 3.10. The zero-order valence-corrected chi connectivity index (χ0v) is 17.5. The highest BCUT2D eigenvalue weighted by molar-refractivity contribution is 7.89. The number of carbonyl (C=O) groups excluding carboxylic acids is 1. The monoisotopic (exact) mass is 403 g/mol. The summed E-state index contributed by atoms with van der Waals surface area (Å²) in [4.78, 5) is 18.1. The highest BCUT2D eigenvalue weighted by Crippen LogP contribution is 2.28. The fourth-order valence-corrected chi connectivity index (χ4v) is 6.32. The quantitative estimate of drug-likeness (QED) is 0.853. The van der Waals surface area contributed by atoms with E-state index in [0.29, 0.717) is 35.5 Å². The molecule has 0 radical (unpaired) electrons. The Morgan fingerprint density at radius 3 is 2.39 bits per heavy atom. The predicted octanol–water partition coefficient (Wildman–Crippen LogP) is 3.46. The van der Waals surface area contributed by atoms with Crippen LogP contribution >= 0.6 is 0 Å². The van der Waals surface area contributed by atoms with E-state index in [0.717, 1.165) is 43.3 Å². The summed E-state index contributed by atoms with van der Waals surface area (Å²) in [6.45, 7) is 6.92. The van der Waals surface area contributed by atoms with E-state index in [1.807, 2.05) is 4.90 Å². The minimum atomic E-state index is -3.53. The molecule has 0 saturated carbocycles. The summed E-state index contributed by atoms with van der Waals surface area (Å²) in [5.41, 5.74) is 1.33. The zero-order valence-electron chi connectivity index (χ0n) is 16.6. The molecule has 1 N–H and O–H groups in total. The molecule has 6 nitrogen and oxygen atoms in total. The maximum absolute atomic E-state index is 13.2. The summed E-state index contributed by atoms with van der Waals surface area (Å²) in [6.07, 6.45) is 4.32. The molecule has 1 aromatic carbocycles. The van der Waals surface area contributed by atoms with Crippen LogP contribution in [0.4, 0.5) is 0 Å². The lowest BCUT2D eigenvalue weighted by Gasteiger charge is -2.34. The Kier molecular flexibility index (Phi) is 5.22. The minimum Gasteiger partial charge on any atom is -0.351 e. The Labute approximate surface area is 166 Å². The molecule has 3 heterocycles. The molecule has 152 valence electrons. The normalized spacial score (nSPS) is 24.6. The lowest BCUT2D eigenvalue weighted by molar-refractivity contribution is 0.0719. The number of aromatic amines is 1. The maximum atomic E-state index is 13.2. The molecule has 2 aliphatic rings. The van der Waals surface area contributed by atoms with Gasteiger partial charge in [0.25, 0.3) is 5.91 Å². The molecular weight excluding hydrogens is 374 g/mol. The number of fused-ring (bicyclic) bond motifs is 1. The smallest absolute Gasteiger partial charge is 0.270 e. The number of amides is 1. The van der Waals surface area contributed by atoms with Gasteiger partial charge in [-0.25, -0.2) is 8.42 Å². The van der Waals surface area contributed by atoms with Crippen molar-refractivity contribution in [2.45, 2.75) is 44.4 Å². The van der Waals surface area contributed by atoms with Crippen LogP contribution in [0.1, 0.15) is 50.0 Å². The molecule has 28 heavy (non-hydrogen) atoms. The number of rotatable bonds is 3.